The Hall–Kier alpha value is -0.610. The van der Waals surface area contributed by atoms with Gasteiger partial charge in [0.25, 0.3) is 0 Å². The van der Waals surface area contributed by atoms with Crippen molar-refractivity contribution in [1.82, 2.24) is 10.2 Å². The van der Waals surface area contributed by atoms with Crippen molar-refractivity contribution in [2.75, 3.05) is 26.2 Å². The van der Waals surface area contributed by atoms with Crippen molar-refractivity contribution >= 4 is 5.91 Å². The Morgan fingerprint density at radius 1 is 1.24 bits per heavy atom. The third-order valence-corrected chi connectivity index (χ3v) is 4.58. The van der Waals surface area contributed by atoms with E-state index in [0.29, 0.717) is 0 Å². The summed E-state index contributed by atoms with van der Waals surface area (Å²) in [6.45, 7) is 14.9. The molecule has 3 N–H and O–H groups in total. The van der Waals surface area contributed by atoms with Crippen molar-refractivity contribution in [3.63, 3.8) is 0 Å². The van der Waals surface area contributed by atoms with Crippen LogP contribution in [-0.4, -0.2) is 42.5 Å². The molecule has 1 amide bonds. The number of nitrogens with one attached hydrogen (secondary N) is 1. The van der Waals surface area contributed by atoms with Gasteiger partial charge in [0, 0.05) is 6.54 Å². The number of hydrogen-bond donors (Lipinski definition) is 2. The standard InChI is InChI=1S/C17H37N3O/c1-6-12-19-17(5,16(18)21)11-10-13-20(9-4)14-15(7-2)8-3/h15,19H,6-14H2,1-5H3,(H2,18,21). The fourth-order valence-electron chi connectivity index (χ4n) is 2.65. The Morgan fingerprint density at radius 3 is 2.29 bits per heavy atom. The zero-order chi connectivity index (χ0) is 16.3. The van der Waals surface area contributed by atoms with Crippen molar-refractivity contribution < 1.29 is 4.79 Å². The molecule has 0 aromatic rings. The SMILES string of the molecule is CCCNC(C)(CCCN(CC)CC(CC)CC)C(N)=O. The molecule has 4 heteroatoms. The number of primary amides is 1. The smallest absolute Gasteiger partial charge is 0.237 e. The summed E-state index contributed by atoms with van der Waals surface area (Å²) in [5.41, 5.74) is 5.00. The molecular formula is C17H37N3O. The van der Waals surface area contributed by atoms with E-state index in [2.05, 4.69) is 37.9 Å². The van der Waals surface area contributed by atoms with Gasteiger partial charge in [0.1, 0.15) is 0 Å². The predicted octanol–water partition coefficient (Wildman–Crippen LogP) is 2.77. The summed E-state index contributed by atoms with van der Waals surface area (Å²) in [7, 11) is 0. The van der Waals surface area contributed by atoms with Crippen molar-refractivity contribution in [3.05, 3.63) is 0 Å². The van der Waals surface area contributed by atoms with Gasteiger partial charge in [-0.15, -0.1) is 0 Å². The molecule has 21 heavy (non-hydrogen) atoms. The van der Waals surface area contributed by atoms with Gasteiger partial charge in [-0.2, -0.15) is 0 Å². The fraction of sp³-hybridized carbons (Fsp3) is 0.941. The van der Waals surface area contributed by atoms with E-state index in [1.807, 2.05) is 6.92 Å². The molecule has 4 nitrogen and oxygen atoms in total. The number of nitrogens with zero attached hydrogens (tertiary/aromatic N) is 1. The maximum absolute atomic E-state index is 11.7. The highest BCUT2D eigenvalue weighted by Gasteiger charge is 2.29. The quantitative estimate of drug-likeness (QED) is 0.550. The van der Waals surface area contributed by atoms with Crippen LogP contribution in [0, 0.1) is 5.92 Å². The second kappa shape index (κ2) is 11.0. The molecule has 0 fully saturated rings. The third-order valence-electron chi connectivity index (χ3n) is 4.58. The average molecular weight is 300 g/mol. The zero-order valence-corrected chi connectivity index (χ0v) is 14.9. The molecule has 0 aliphatic heterocycles. The largest absolute Gasteiger partial charge is 0.368 e. The van der Waals surface area contributed by atoms with E-state index in [1.165, 1.54) is 19.4 Å². The van der Waals surface area contributed by atoms with Gasteiger partial charge >= 0.3 is 0 Å². The van der Waals surface area contributed by atoms with Gasteiger partial charge in [-0.3, -0.25) is 4.79 Å². The molecule has 0 aliphatic rings. The Labute approximate surface area is 131 Å². The topological polar surface area (TPSA) is 58.4 Å². The van der Waals surface area contributed by atoms with E-state index in [1.54, 1.807) is 0 Å². The van der Waals surface area contributed by atoms with Crippen LogP contribution in [-0.2, 0) is 4.79 Å². The second-order valence-electron chi connectivity index (χ2n) is 6.30. The molecule has 0 aromatic carbocycles. The lowest BCUT2D eigenvalue weighted by Crippen LogP contribution is -2.53. The van der Waals surface area contributed by atoms with E-state index in [-0.39, 0.29) is 5.91 Å². The van der Waals surface area contributed by atoms with Gasteiger partial charge in [-0.1, -0.05) is 40.5 Å². The Morgan fingerprint density at radius 2 is 1.86 bits per heavy atom. The minimum absolute atomic E-state index is 0.237. The molecule has 0 aliphatic carbocycles. The van der Waals surface area contributed by atoms with Crippen molar-refractivity contribution in [1.29, 1.82) is 0 Å². The van der Waals surface area contributed by atoms with Gasteiger partial charge in [-0.05, 0) is 51.7 Å². The molecule has 0 saturated carbocycles. The summed E-state index contributed by atoms with van der Waals surface area (Å²) < 4.78 is 0. The minimum atomic E-state index is -0.565. The fourth-order valence-corrected chi connectivity index (χ4v) is 2.65. The van der Waals surface area contributed by atoms with Crippen LogP contribution in [0.4, 0.5) is 0 Å². The molecule has 0 rings (SSSR count). The highest BCUT2D eigenvalue weighted by Crippen LogP contribution is 2.15. The highest BCUT2D eigenvalue weighted by molar-refractivity contribution is 5.84. The Bertz CT molecular complexity index is 279. The molecule has 0 radical (unpaired) electrons. The van der Waals surface area contributed by atoms with Crippen molar-refractivity contribution in [2.24, 2.45) is 11.7 Å². The first-order chi connectivity index (χ1) is 9.93. The first kappa shape index (κ1) is 20.4. The lowest BCUT2D eigenvalue weighted by atomic mass is 9.94. The number of rotatable bonds is 13. The van der Waals surface area contributed by atoms with Crippen LogP contribution in [0.15, 0.2) is 0 Å². The summed E-state index contributed by atoms with van der Waals surface area (Å²) in [6, 6.07) is 0. The zero-order valence-electron chi connectivity index (χ0n) is 14.9. The molecule has 1 atom stereocenters. The Balaban J connectivity index is 4.30. The lowest BCUT2D eigenvalue weighted by Gasteiger charge is -2.30. The summed E-state index contributed by atoms with van der Waals surface area (Å²) in [5, 5.41) is 3.31. The van der Waals surface area contributed by atoms with Crippen LogP contribution in [0.25, 0.3) is 0 Å². The summed E-state index contributed by atoms with van der Waals surface area (Å²) in [4.78, 5) is 14.2. The van der Waals surface area contributed by atoms with Crippen LogP contribution in [0.2, 0.25) is 0 Å². The Kier molecular flexibility index (Phi) is 10.7. The monoisotopic (exact) mass is 299 g/mol. The first-order valence-corrected chi connectivity index (χ1v) is 8.70. The van der Waals surface area contributed by atoms with Crippen LogP contribution < -0.4 is 11.1 Å². The maximum Gasteiger partial charge on any atom is 0.237 e. The second-order valence-corrected chi connectivity index (χ2v) is 6.30. The number of hydrogen-bond acceptors (Lipinski definition) is 3. The van der Waals surface area contributed by atoms with Gasteiger partial charge < -0.3 is 16.0 Å². The lowest BCUT2D eigenvalue weighted by molar-refractivity contribution is -0.124. The molecule has 0 saturated heterocycles. The van der Waals surface area contributed by atoms with E-state index in [0.717, 1.165) is 44.8 Å². The highest BCUT2D eigenvalue weighted by atomic mass is 16.1. The number of carbonyl (C=O) groups is 1. The van der Waals surface area contributed by atoms with Crippen molar-refractivity contribution in [2.45, 2.75) is 72.3 Å². The molecule has 0 heterocycles. The molecule has 0 bridgehead atoms. The molecular weight excluding hydrogens is 262 g/mol. The molecule has 126 valence electrons. The number of amides is 1. The first-order valence-electron chi connectivity index (χ1n) is 8.70. The van der Waals surface area contributed by atoms with Gasteiger partial charge in [0.15, 0.2) is 0 Å². The maximum atomic E-state index is 11.7. The molecule has 0 spiro atoms. The summed E-state index contributed by atoms with van der Waals surface area (Å²) in [5.74, 6) is 0.546. The number of carbonyl (C=O) groups excluding carboxylic acids is 1. The van der Waals surface area contributed by atoms with Crippen LogP contribution in [0.5, 0.6) is 0 Å². The predicted molar refractivity (Wildman–Crippen MR) is 91.3 cm³/mol. The minimum Gasteiger partial charge on any atom is -0.368 e. The summed E-state index contributed by atoms with van der Waals surface area (Å²) in [6.07, 6.45) is 5.30. The molecule has 1 unspecified atom stereocenters. The van der Waals surface area contributed by atoms with Gasteiger partial charge in [0.05, 0.1) is 5.54 Å². The van der Waals surface area contributed by atoms with Gasteiger partial charge in [-0.25, -0.2) is 0 Å². The van der Waals surface area contributed by atoms with E-state index in [4.69, 9.17) is 5.73 Å². The van der Waals surface area contributed by atoms with Crippen LogP contribution in [0.3, 0.4) is 0 Å². The van der Waals surface area contributed by atoms with Crippen molar-refractivity contribution in [3.8, 4) is 0 Å². The average Bonchev–Trinajstić information content (AvgIpc) is 2.48. The third kappa shape index (κ3) is 7.82. The van der Waals surface area contributed by atoms with E-state index in [9.17, 15) is 4.79 Å². The van der Waals surface area contributed by atoms with Crippen LogP contribution in [0.1, 0.15) is 66.7 Å². The normalized spacial score (nSPS) is 14.6. The van der Waals surface area contributed by atoms with Gasteiger partial charge in [0.2, 0.25) is 5.91 Å². The molecule has 0 aromatic heterocycles. The number of nitrogens with two attached hydrogens (primary N) is 1. The summed E-state index contributed by atoms with van der Waals surface area (Å²) >= 11 is 0. The van der Waals surface area contributed by atoms with E-state index >= 15 is 0 Å². The van der Waals surface area contributed by atoms with Crippen LogP contribution >= 0.6 is 0 Å². The van der Waals surface area contributed by atoms with E-state index < -0.39 is 5.54 Å².